The third-order valence-electron chi connectivity index (χ3n) is 1.69. The van der Waals surface area contributed by atoms with E-state index in [9.17, 15) is 9.59 Å². The summed E-state index contributed by atoms with van der Waals surface area (Å²) in [5, 5.41) is 2.53. The fourth-order valence-corrected chi connectivity index (χ4v) is 0.622. The van der Waals surface area contributed by atoms with Crippen molar-refractivity contribution in [3.8, 4) is 0 Å². The van der Waals surface area contributed by atoms with Crippen molar-refractivity contribution in [1.29, 1.82) is 0 Å². The summed E-state index contributed by atoms with van der Waals surface area (Å²) in [6, 6.07) is 0. The number of rotatable bonds is 5. The molecule has 3 N–H and O–H groups in total. The number of carbonyl (C=O) groups excluding carboxylic acids is 2. The van der Waals surface area contributed by atoms with E-state index in [-0.39, 0.29) is 19.1 Å². The number of nitrogens with one attached hydrogen (secondary N) is 1. The van der Waals surface area contributed by atoms with Gasteiger partial charge in [0.2, 0.25) is 0 Å². The van der Waals surface area contributed by atoms with Crippen LogP contribution in [0.1, 0.15) is 13.8 Å². The van der Waals surface area contributed by atoms with Crippen molar-refractivity contribution in [1.82, 2.24) is 5.32 Å². The van der Waals surface area contributed by atoms with Crippen molar-refractivity contribution in [3.63, 3.8) is 0 Å². The second-order valence-electron chi connectivity index (χ2n) is 3.14. The highest BCUT2D eigenvalue weighted by Gasteiger charge is 2.26. The number of methoxy groups -OCH3 is 1. The molecule has 0 aliphatic carbocycles. The van der Waals surface area contributed by atoms with E-state index >= 15 is 0 Å². The summed E-state index contributed by atoms with van der Waals surface area (Å²) in [5.74, 6) is -0.270. The van der Waals surface area contributed by atoms with E-state index in [0.717, 1.165) is 0 Å². The first kappa shape index (κ1) is 12.7. The van der Waals surface area contributed by atoms with E-state index in [1.54, 1.807) is 13.8 Å². The second-order valence-corrected chi connectivity index (χ2v) is 3.14. The first-order valence-corrected chi connectivity index (χ1v) is 4.16. The lowest BCUT2D eigenvalue weighted by molar-refractivity contribution is -0.139. The van der Waals surface area contributed by atoms with Gasteiger partial charge in [0.15, 0.2) is 0 Å². The molecule has 82 valence electrons. The van der Waals surface area contributed by atoms with E-state index in [0.29, 0.717) is 0 Å². The summed E-state index contributed by atoms with van der Waals surface area (Å²) in [6.45, 7) is 3.55. The summed E-state index contributed by atoms with van der Waals surface area (Å²) < 4.78 is 9.35. The molecule has 0 bridgehead atoms. The third kappa shape index (κ3) is 4.66. The van der Waals surface area contributed by atoms with Crippen molar-refractivity contribution in [2.45, 2.75) is 19.4 Å². The van der Waals surface area contributed by atoms with Gasteiger partial charge in [-0.2, -0.15) is 0 Å². The van der Waals surface area contributed by atoms with Gasteiger partial charge in [-0.25, -0.2) is 4.79 Å². The number of ether oxygens (including phenoxy) is 2. The number of hydrogen-bond acceptors (Lipinski definition) is 4. The summed E-state index contributed by atoms with van der Waals surface area (Å²) >= 11 is 0. The Labute approximate surface area is 82.7 Å². The molecule has 0 fully saturated rings. The summed E-state index contributed by atoms with van der Waals surface area (Å²) in [7, 11) is 1.44. The van der Waals surface area contributed by atoms with Crippen molar-refractivity contribution in [2.24, 2.45) is 5.73 Å². The van der Waals surface area contributed by atoms with Crippen LogP contribution in [0, 0.1) is 0 Å². The molecule has 6 nitrogen and oxygen atoms in total. The molecule has 0 radical (unpaired) electrons. The van der Waals surface area contributed by atoms with Gasteiger partial charge < -0.3 is 20.5 Å². The molecule has 0 rings (SSSR count). The van der Waals surface area contributed by atoms with Gasteiger partial charge in [-0.1, -0.05) is 0 Å². The van der Waals surface area contributed by atoms with Crippen LogP contribution < -0.4 is 11.1 Å². The van der Waals surface area contributed by atoms with Gasteiger partial charge in [-0.15, -0.1) is 0 Å². The number of nitrogens with two attached hydrogens (primary N) is 1. The maximum absolute atomic E-state index is 11.3. The maximum atomic E-state index is 11.3. The molecule has 14 heavy (non-hydrogen) atoms. The van der Waals surface area contributed by atoms with Gasteiger partial charge in [0, 0.05) is 7.11 Å². The van der Waals surface area contributed by atoms with Crippen LogP contribution in [0.4, 0.5) is 4.79 Å². The Morgan fingerprint density at radius 1 is 1.43 bits per heavy atom. The topological polar surface area (TPSA) is 90.7 Å². The minimum Gasteiger partial charge on any atom is -0.448 e. The fourth-order valence-electron chi connectivity index (χ4n) is 0.622. The van der Waals surface area contributed by atoms with Crippen molar-refractivity contribution in [3.05, 3.63) is 0 Å². The molecule has 0 saturated carbocycles. The van der Waals surface area contributed by atoms with Crippen molar-refractivity contribution in [2.75, 3.05) is 20.3 Å². The Hall–Kier alpha value is -1.30. The fraction of sp³-hybridized carbons (Fsp3) is 0.750. The Kier molecular flexibility index (Phi) is 4.93. The molecule has 2 amide bonds. The molecule has 0 heterocycles. The molecule has 0 aromatic rings. The molecular formula is C8H16N2O4. The average molecular weight is 204 g/mol. The van der Waals surface area contributed by atoms with Crippen LogP contribution in [-0.4, -0.2) is 37.9 Å². The number of hydrogen-bond donors (Lipinski definition) is 2. The average Bonchev–Trinajstić information content (AvgIpc) is 2.11. The molecule has 0 aliphatic rings. The van der Waals surface area contributed by atoms with Gasteiger partial charge in [0.05, 0.1) is 6.54 Å². The largest absolute Gasteiger partial charge is 0.448 e. The SMILES string of the molecule is COC(C)(C)C(=O)NCCOC(N)=O. The predicted molar refractivity (Wildman–Crippen MR) is 49.6 cm³/mol. The third-order valence-corrected chi connectivity index (χ3v) is 1.69. The molecule has 6 heteroatoms. The zero-order chi connectivity index (χ0) is 11.2. The second kappa shape index (κ2) is 5.43. The van der Waals surface area contributed by atoms with E-state index in [1.165, 1.54) is 7.11 Å². The van der Waals surface area contributed by atoms with Gasteiger partial charge in [0.1, 0.15) is 12.2 Å². The van der Waals surface area contributed by atoms with Crippen LogP contribution >= 0.6 is 0 Å². The van der Waals surface area contributed by atoms with E-state index in [2.05, 4.69) is 10.1 Å². The smallest absolute Gasteiger partial charge is 0.404 e. The summed E-state index contributed by atoms with van der Waals surface area (Å²) in [4.78, 5) is 21.5. The zero-order valence-electron chi connectivity index (χ0n) is 8.62. The lowest BCUT2D eigenvalue weighted by Gasteiger charge is -2.21. The molecular weight excluding hydrogens is 188 g/mol. The monoisotopic (exact) mass is 204 g/mol. The molecule has 0 spiro atoms. The Balaban J connectivity index is 3.70. The van der Waals surface area contributed by atoms with E-state index < -0.39 is 11.7 Å². The Morgan fingerprint density at radius 3 is 2.43 bits per heavy atom. The van der Waals surface area contributed by atoms with Gasteiger partial charge in [-0.3, -0.25) is 4.79 Å². The quantitative estimate of drug-likeness (QED) is 0.597. The highest BCUT2D eigenvalue weighted by molar-refractivity contribution is 5.84. The number of amides is 2. The van der Waals surface area contributed by atoms with Gasteiger partial charge in [-0.05, 0) is 13.8 Å². The molecule has 0 aromatic heterocycles. The summed E-state index contributed by atoms with van der Waals surface area (Å²) in [5.41, 5.74) is 3.84. The van der Waals surface area contributed by atoms with Gasteiger partial charge >= 0.3 is 6.09 Å². The highest BCUT2D eigenvalue weighted by Crippen LogP contribution is 2.06. The highest BCUT2D eigenvalue weighted by atomic mass is 16.5. The van der Waals surface area contributed by atoms with Crippen LogP contribution in [0.2, 0.25) is 0 Å². The van der Waals surface area contributed by atoms with Crippen LogP contribution in [-0.2, 0) is 14.3 Å². The Bertz CT molecular complexity index is 215. The van der Waals surface area contributed by atoms with E-state index in [1.807, 2.05) is 0 Å². The molecule has 0 aliphatic heterocycles. The van der Waals surface area contributed by atoms with Crippen molar-refractivity contribution >= 4 is 12.0 Å². The van der Waals surface area contributed by atoms with Crippen LogP contribution in [0.15, 0.2) is 0 Å². The van der Waals surface area contributed by atoms with Crippen LogP contribution in [0.5, 0.6) is 0 Å². The minimum atomic E-state index is -0.882. The molecule has 0 unspecified atom stereocenters. The number of carbonyl (C=O) groups is 2. The predicted octanol–water partition coefficient (Wildman–Crippen LogP) is -0.377. The van der Waals surface area contributed by atoms with Gasteiger partial charge in [0.25, 0.3) is 5.91 Å². The summed E-state index contributed by atoms with van der Waals surface area (Å²) in [6.07, 6.45) is -0.856. The van der Waals surface area contributed by atoms with Crippen LogP contribution in [0.25, 0.3) is 0 Å². The first-order valence-electron chi connectivity index (χ1n) is 4.16. The minimum absolute atomic E-state index is 0.0564. The Morgan fingerprint density at radius 2 is 2.00 bits per heavy atom. The normalized spacial score (nSPS) is 10.8. The lowest BCUT2D eigenvalue weighted by atomic mass is 10.1. The lowest BCUT2D eigenvalue weighted by Crippen LogP contribution is -2.44. The molecule has 0 atom stereocenters. The van der Waals surface area contributed by atoms with Crippen molar-refractivity contribution < 1.29 is 19.1 Å². The standard InChI is InChI=1S/C8H16N2O4/c1-8(2,13-3)6(11)10-4-5-14-7(9)12/h4-5H2,1-3H3,(H2,9,12)(H,10,11). The van der Waals surface area contributed by atoms with E-state index in [4.69, 9.17) is 10.5 Å². The van der Waals surface area contributed by atoms with Crippen LogP contribution in [0.3, 0.4) is 0 Å². The molecule has 0 saturated heterocycles. The maximum Gasteiger partial charge on any atom is 0.404 e. The zero-order valence-corrected chi connectivity index (χ0v) is 8.62. The first-order chi connectivity index (χ1) is 6.40. The number of primary amides is 1. The molecule has 0 aromatic carbocycles.